The minimum absolute atomic E-state index is 0.277. The second kappa shape index (κ2) is 15.2. The zero-order valence-corrected chi connectivity index (χ0v) is 35.1. The highest BCUT2D eigenvalue weighted by molar-refractivity contribution is 8.47. The van der Waals surface area contributed by atoms with Gasteiger partial charge in [0.15, 0.2) is 2.74 Å². The molecule has 0 unspecified atom stereocenters. The number of aliphatic imine (C=N–C) groups is 4. The van der Waals surface area contributed by atoms with Gasteiger partial charge in [-0.1, -0.05) is 151 Å². The van der Waals surface area contributed by atoms with Crippen LogP contribution in [0.4, 0.5) is 22.7 Å². The average Bonchev–Trinajstić information content (AvgIpc) is 3.06. The second-order valence-corrected chi connectivity index (χ2v) is 21.2. The lowest BCUT2D eigenvalue weighted by molar-refractivity contribution is 0.860. The van der Waals surface area contributed by atoms with Gasteiger partial charge in [-0.3, -0.25) is 0 Å². The minimum Gasteiger partial charge on any atom is -0.186 e. The third-order valence-corrected chi connectivity index (χ3v) is 16.4. The van der Waals surface area contributed by atoms with Crippen molar-refractivity contribution in [2.24, 2.45) is 20.0 Å². The Morgan fingerprint density at radius 1 is 0.392 bits per heavy atom. The summed E-state index contributed by atoms with van der Waals surface area (Å²) in [6, 6.07) is 24.3. The zero-order chi connectivity index (χ0) is 36.8. The molecule has 0 atom stereocenters. The van der Waals surface area contributed by atoms with Crippen LogP contribution in [0, 0.1) is 27.7 Å². The maximum atomic E-state index is 5.10. The van der Waals surface area contributed by atoms with E-state index >= 15 is 0 Å². The van der Waals surface area contributed by atoms with E-state index in [1.54, 1.807) is 0 Å². The summed E-state index contributed by atoms with van der Waals surface area (Å²) in [6.45, 7) is 26.8. The van der Waals surface area contributed by atoms with E-state index < -0.39 is 2.74 Å². The number of aryl methyl sites for hydroxylation is 4. The van der Waals surface area contributed by atoms with E-state index in [1.807, 2.05) is 47.0 Å². The quantitative estimate of drug-likeness (QED) is 0.208. The molecule has 1 spiro atoms. The Kier molecular flexibility index (Phi) is 11.2. The van der Waals surface area contributed by atoms with Gasteiger partial charge in [0.05, 0.1) is 22.7 Å². The molecule has 2 aliphatic rings. The summed E-state index contributed by atoms with van der Waals surface area (Å²) in [4.78, 5) is 25.0. The van der Waals surface area contributed by atoms with Gasteiger partial charge >= 0.3 is 0 Å². The van der Waals surface area contributed by atoms with Crippen molar-refractivity contribution < 1.29 is 0 Å². The first-order chi connectivity index (χ1) is 24.2. The largest absolute Gasteiger partial charge is 0.186 e. The van der Waals surface area contributed by atoms with Crippen molar-refractivity contribution in [1.29, 1.82) is 0 Å². The molecule has 0 aromatic heterocycles. The van der Waals surface area contributed by atoms with Crippen LogP contribution in [-0.4, -0.2) is 14.8 Å². The third kappa shape index (κ3) is 7.47. The molecular formula is C43H48N4S4. The van der Waals surface area contributed by atoms with E-state index in [2.05, 4.69) is 144 Å². The monoisotopic (exact) mass is 748 g/mol. The predicted octanol–water partition coefficient (Wildman–Crippen LogP) is 15.4. The number of thioether (sulfide) groups is 4. The topological polar surface area (TPSA) is 49.4 Å². The highest BCUT2D eigenvalue weighted by Gasteiger charge is 2.42. The normalized spacial score (nSPS) is 16.9. The highest BCUT2D eigenvalue weighted by atomic mass is 32.3. The van der Waals surface area contributed by atoms with Gasteiger partial charge in [0, 0.05) is 19.6 Å². The van der Waals surface area contributed by atoms with Gasteiger partial charge < -0.3 is 0 Å². The van der Waals surface area contributed by atoms with Gasteiger partial charge in [-0.25, -0.2) is 0 Å². The Balaban J connectivity index is 1.80. The van der Waals surface area contributed by atoms with Crippen LogP contribution in [0.15, 0.2) is 88.1 Å². The second-order valence-electron chi connectivity index (χ2n) is 14.8. The van der Waals surface area contributed by atoms with Crippen molar-refractivity contribution in [3.05, 3.63) is 93.0 Å². The molecule has 0 saturated carbocycles. The van der Waals surface area contributed by atoms with Crippen molar-refractivity contribution in [3.63, 3.8) is 0 Å². The van der Waals surface area contributed by atoms with Crippen molar-refractivity contribution in [2.75, 3.05) is 0 Å². The fourth-order valence-corrected chi connectivity index (χ4v) is 13.4. The number of nitrogens with zero attached hydrogens (tertiary/aromatic N) is 4. The average molecular weight is 749 g/mol. The van der Waals surface area contributed by atoms with Gasteiger partial charge in [-0.2, -0.15) is 20.0 Å². The Morgan fingerprint density at radius 3 is 0.804 bits per heavy atom. The maximum absolute atomic E-state index is 5.10. The fraction of sp³-hybridized carbons (Fsp3) is 0.395. The Bertz CT molecular complexity index is 1850. The van der Waals surface area contributed by atoms with E-state index in [0.717, 1.165) is 42.3 Å². The van der Waals surface area contributed by atoms with Crippen LogP contribution in [0.2, 0.25) is 0 Å². The van der Waals surface area contributed by atoms with E-state index in [-0.39, 0.29) is 23.7 Å². The van der Waals surface area contributed by atoms with Crippen molar-refractivity contribution in [2.45, 2.75) is 129 Å². The summed E-state index contributed by atoms with van der Waals surface area (Å²) in [7, 11) is 0. The number of hydrogen-bond acceptors (Lipinski definition) is 8. The summed E-state index contributed by atoms with van der Waals surface area (Å²) in [5.74, 6) is 1.11. The molecule has 0 radical (unpaired) electrons. The van der Waals surface area contributed by atoms with Gasteiger partial charge in [0.2, 0.25) is 0 Å². The molecule has 0 N–H and O–H groups in total. The predicted molar refractivity (Wildman–Crippen MR) is 226 cm³/mol. The number of fused-ring (bicyclic) bond motifs is 4. The standard InChI is InChI=1S/C43H48N4S4/c1-23(2)31-17-13-27(9)39-35(31)44-21-45-36-32(24(3)4)18-14-28(10)40(36)49-43(48-39)50-41-29(11)15-19-33(25(5)6)37(41)46-22-47-38-34(26(7)8)20-16-30(12)42(38)51-43/h13-20,23-26H,1-12H3. The smallest absolute Gasteiger partial charge is 0.171 e. The lowest BCUT2D eigenvalue weighted by Crippen LogP contribution is -2.14. The molecule has 6 rings (SSSR count). The van der Waals surface area contributed by atoms with Crippen LogP contribution in [-0.2, 0) is 0 Å². The molecule has 264 valence electrons. The van der Waals surface area contributed by atoms with E-state index in [9.17, 15) is 0 Å². The van der Waals surface area contributed by atoms with Crippen LogP contribution in [0.5, 0.6) is 0 Å². The Hall–Kier alpha value is -2.96. The summed E-state index contributed by atoms with van der Waals surface area (Å²) >= 11 is 7.61. The maximum Gasteiger partial charge on any atom is 0.171 e. The Morgan fingerprint density at radius 2 is 0.608 bits per heavy atom. The number of hydrogen-bond donors (Lipinski definition) is 0. The molecule has 2 aliphatic heterocycles. The first-order valence-corrected chi connectivity index (χ1v) is 21.1. The van der Waals surface area contributed by atoms with Crippen molar-refractivity contribution in [1.82, 2.24) is 0 Å². The molecule has 0 aliphatic carbocycles. The zero-order valence-electron chi connectivity index (χ0n) is 31.9. The van der Waals surface area contributed by atoms with Crippen molar-refractivity contribution in [3.8, 4) is 0 Å². The molecule has 8 heteroatoms. The lowest BCUT2D eigenvalue weighted by Gasteiger charge is -2.36. The highest BCUT2D eigenvalue weighted by Crippen LogP contribution is 2.69. The van der Waals surface area contributed by atoms with Crippen molar-refractivity contribution >= 4 is 81.8 Å². The van der Waals surface area contributed by atoms with Crippen LogP contribution in [0.25, 0.3) is 0 Å². The summed E-state index contributed by atoms with van der Waals surface area (Å²) in [5, 5.41) is 0. The van der Waals surface area contributed by atoms with Crippen LogP contribution in [0.1, 0.15) is 124 Å². The third-order valence-electron chi connectivity index (χ3n) is 9.48. The molecule has 0 amide bonds. The Labute approximate surface area is 322 Å². The van der Waals surface area contributed by atoms with E-state index in [0.29, 0.717) is 0 Å². The molecule has 4 aromatic carbocycles. The number of rotatable bonds is 4. The summed E-state index contributed by atoms with van der Waals surface area (Å²) in [5.41, 5.74) is 13.4. The molecule has 0 saturated heterocycles. The van der Waals surface area contributed by atoms with Crippen LogP contribution >= 0.6 is 47.0 Å². The molecule has 4 aromatic rings. The summed E-state index contributed by atoms with van der Waals surface area (Å²) in [6.07, 6.45) is 0. The van der Waals surface area contributed by atoms with E-state index in [1.165, 1.54) is 44.5 Å². The van der Waals surface area contributed by atoms with Gasteiger partial charge in [-0.05, 0) is 95.9 Å². The van der Waals surface area contributed by atoms with Gasteiger partial charge in [0.1, 0.15) is 12.0 Å². The molecule has 51 heavy (non-hydrogen) atoms. The SMILES string of the molecule is Cc1ccc(C(C)C)c2c1SC1(Sc3c(C)ccc(C(C)C)c3N=C=N2)Sc2c(C)ccc(C(C)C)c2N=C=Nc2c(C(C)C)ccc(C)c2S1. The number of benzene rings is 4. The molecule has 0 bridgehead atoms. The minimum atomic E-state index is -0.598. The molecular weight excluding hydrogens is 701 g/mol. The van der Waals surface area contributed by atoms with Crippen LogP contribution in [0.3, 0.4) is 0 Å². The molecule has 4 nitrogen and oxygen atoms in total. The summed E-state index contributed by atoms with van der Waals surface area (Å²) < 4.78 is -0.598. The fourth-order valence-electron chi connectivity index (χ4n) is 6.46. The molecule has 0 fully saturated rings. The van der Waals surface area contributed by atoms with Gasteiger partial charge in [-0.15, -0.1) is 0 Å². The first-order valence-electron chi connectivity index (χ1n) is 17.8. The van der Waals surface area contributed by atoms with E-state index in [4.69, 9.17) is 20.0 Å². The molecule has 2 heterocycles. The lowest BCUT2D eigenvalue weighted by atomic mass is 9.99. The van der Waals surface area contributed by atoms with Gasteiger partial charge in [0.25, 0.3) is 0 Å². The van der Waals surface area contributed by atoms with Crippen LogP contribution < -0.4 is 0 Å². The first kappa shape index (κ1) is 37.8.